The van der Waals surface area contributed by atoms with Gasteiger partial charge in [-0.15, -0.1) is 0 Å². The summed E-state index contributed by atoms with van der Waals surface area (Å²) >= 11 is 0. The number of ketones is 1. The minimum atomic E-state index is -0.644. The summed E-state index contributed by atoms with van der Waals surface area (Å²) in [5.74, 6) is 0.552. The van der Waals surface area contributed by atoms with E-state index < -0.39 is 6.10 Å². The quantitative estimate of drug-likeness (QED) is 0.139. The average molecular weight is 1030 g/mol. The summed E-state index contributed by atoms with van der Waals surface area (Å²) < 4.78 is 4.66. The molecular formula is C76H60N2O2. The maximum Gasteiger partial charge on any atom is 0.193 e. The second-order valence-corrected chi connectivity index (χ2v) is 21.5. The second kappa shape index (κ2) is 21.0. The number of carbonyl (C=O) groups is 1. The molecule has 0 aliphatic heterocycles. The van der Waals surface area contributed by atoms with E-state index in [1.807, 2.05) is 84.9 Å². The van der Waals surface area contributed by atoms with Crippen LogP contribution in [0.2, 0.25) is 0 Å². The summed E-state index contributed by atoms with van der Waals surface area (Å²) in [6.45, 7) is 8.92. The number of fused-ring (bicyclic) bond motifs is 8. The lowest BCUT2D eigenvalue weighted by Gasteiger charge is -2.16. The molecule has 4 heteroatoms. The fraction of sp³-hybridized carbons (Fsp3) is 0.0921. The Morgan fingerprint density at radius 2 is 0.700 bits per heavy atom. The van der Waals surface area contributed by atoms with Crippen LogP contribution >= 0.6 is 0 Å². The number of hydrogen-bond acceptors (Lipinski definition) is 2. The lowest BCUT2D eigenvalue weighted by molar-refractivity contribution is 0.103. The van der Waals surface area contributed by atoms with E-state index in [1.54, 1.807) is 0 Å². The number of aromatic nitrogens is 2. The second-order valence-electron chi connectivity index (χ2n) is 21.5. The molecule has 4 nitrogen and oxygen atoms in total. The van der Waals surface area contributed by atoms with Crippen molar-refractivity contribution in [1.29, 1.82) is 0 Å². The molecule has 14 aromatic rings. The van der Waals surface area contributed by atoms with E-state index in [1.165, 1.54) is 87.5 Å². The highest BCUT2D eigenvalue weighted by molar-refractivity contribution is 6.12. The Balaban J connectivity index is 0.000000151. The Labute approximate surface area is 467 Å². The molecule has 0 aliphatic rings. The van der Waals surface area contributed by atoms with Crippen molar-refractivity contribution in [2.45, 2.75) is 45.6 Å². The molecule has 14 rings (SSSR count). The van der Waals surface area contributed by atoms with Crippen LogP contribution in [0.1, 0.15) is 92.2 Å². The molecule has 0 aliphatic carbocycles. The fourth-order valence-electron chi connectivity index (χ4n) is 12.2. The minimum absolute atomic E-state index is 0.0389. The van der Waals surface area contributed by atoms with Crippen LogP contribution < -0.4 is 0 Å². The number of aryl methyl sites for hydroxylation is 2. The normalized spacial score (nSPS) is 12.7. The molecule has 2 aromatic heterocycles. The van der Waals surface area contributed by atoms with Crippen LogP contribution in [0.5, 0.6) is 0 Å². The predicted molar refractivity (Wildman–Crippen MR) is 334 cm³/mol. The zero-order valence-electron chi connectivity index (χ0n) is 45.4. The van der Waals surface area contributed by atoms with Crippen LogP contribution in [0.25, 0.3) is 76.5 Å². The van der Waals surface area contributed by atoms with Crippen LogP contribution in [0.4, 0.5) is 0 Å². The number of carbonyl (C=O) groups excluding carboxylic acids is 1. The van der Waals surface area contributed by atoms with E-state index >= 15 is 0 Å². The third-order valence-corrected chi connectivity index (χ3v) is 16.5. The first-order chi connectivity index (χ1) is 39.2. The Morgan fingerprint density at radius 3 is 1.19 bits per heavy atom. The van der Waals surface area contributed by atoms with Gasteiger partial charge in [-0.05, 0) is 154 Å². The number of aliphatic hydroxyl groups excluding tert-OH is 1. The Hall–Kier alpha value is -9.61. The fourth-order valence-corrected chi connectivity index (χ4v) is 12.2. The van der Waals surface area contributed by atoms with E-state index in [2.05, 4.69) is 219 Å². The van der Waals surface area contributed by atoms with Crippen LogP contribution in [-0.4, -0.2) is 20.0 Å². The molecule has 1 N–H and O–H groups in total. The number of rotatable bonds is 10. The summed E-state index contributed by atoms with van der Waals surface area (Å²) in [6, 6.07) is 93.3. The highest BCUT2D eigenvalue weighted by Gasteiger charge is 2.20. The predicted octanol–water partition coefficient (Wildman–Crippen LogP) is 19.1. The summed E-state index contributed by atoms with van der Waals surface area (Å²) in [6.07, 6.45) is -0.644. The van der Waals surface area contributed by atoms with Gasteiger partial charge in [0, 0.05) is 55.9 Å². The van der Waals surface area contributed by atoms with Crippen LogP contribution in [-0.2, 0) is 0 Å². The standard InChI is InChI=1S/C38H31NO.C38H29NO/c2*1-25-15-21-36-34(23-25)35-24-30(26(2)32-14-8-12-27-9-6-7-13-33(27)32)18-22-37(35)39(36)31-19-16-29(17-20-31)38(40)28-10-4-3-5-11-28/h3-24,26,38,40H,1-2H3;3-24,26H,1-2H3. The molecule has 0 saturated heterocycles. The molecule has 0 amide bonds. The third kappa shape index (κ3) is 9.14. The molecule has 0 spiro atoms. The van der Waals surface area contributed by atoms with Crippen LogP contribution in [0.15, 0.2) is 267 Å². The smallest absolute Gasteiger partial charge is 0.193 e. The number of aliphatic hydroxyl groups is 1. The maximum absolute atomic E-state index is 13.0. The van der Waals surface area contributed by atoms with Crippen molar-refractivity contribution in [1.82, 2.24) is 9.13 Å². The first-order valence-corrected chi connectivity index (χ1v) is 27.7. The van der Waals surface area contributed by atoms with Crippen molar-refractivity contribution < 1.29 is 9.90 Å². The summed E-state index contributed by atoms with van der Waals surface area (Å²) in [5.41, 5.74) is 17.8. The molecule has 80 heavy (non-hydrogen) atoms. The van der Waals surface area contributed by atoms with Gasteiger partial charge in [-0.2, -0.15) is 0 Å². The first-order valence-electron chi connectivity index (χ1n) is 27.7. The summed E-state index contributed by atoms with van der Waals surface area (Å²) in [5, 5.41) is 21.1. The van der Waals surface area contributed by atoms with Crippen molar-refractivity contribution in [2.24, 2.45) is 0 Å². The Bertz CT molecular complexity index is 4600. The minimum Gasteiger partial charge on any atom is -0.384 e. The molecule has 0 saturated carbocycles. The Morgan fingerprint density at radius 1 is 0.338 bits per heavy atom. The SMILES string of the molecule is Cc1ccc2c(c1)c1cc(C(C)c3cccc4ccccc34)ccc1n2-c1ccc(C(=O)c2ccccc2)cc1.Cc1ccc2c(c1)c1cc(C(C)c3cccc4ccccc34)ccc1n2-c1ccc(C(O)c2ccccc2)cc1. The molecule has 0 fully saturated rings. The van der Waals surface area contributed by atoms with E-state index in [4.69, 9.17) is 0 Å². The molecule has 2 heterocycles. The van der Waals surface area contributed by atoms with Crippen molar-refractivity contribution in [3.05, 3.63) is 323 Å². The highest BCUT2D eigenvalue weighted by Crippen LogP contribution is 2.40. The van der Waals surface area contributed by atoms with Gasteiger partial charge in [0.25, 0.3) is 0 Å². The number of nitrogens with zero attached hydrogens (tertiary/aromatic N) is 2. The van der Waals surface area contributed by atoms with Crippen LogP contribution in [0.3, 0.4) is 0 Å². The summed E-state index contributed by atoms with van der Waals surface area (Å²) in [4.78, 5) is 13.0. The molecule has 3 unspecified atom stereocenters. The van der Waals surface area contributed by atoms with Gasteiger partial charge in [0.1, 0.15) is 6.10 Å². The number of benzene rings is 12. The van der Waals surface area contributed by atoms with Crippen molar-refractivity contribution in [2.75, 3.05) is 0 Å². The van der Waals surface area contributed by atoms with Gasteiger partial charge < -0.3 is 14.2 Å². The zero-order chi connectivity index (χ0) is 54.4. The third-order valence-electron chi connectivity index (χ3n) is 16.5. The summed E-state index contributed by atoms with van der Waals surface area (Å²) in [7, 11) is 0. The van der Waals surface area contributed by atoms with Crippen molar-refractivity contribution in [3.8, 4) is 11.4 Å². The maximum atomic E-state index is 13.0. The monoisotopic (exact) mass is 1030 g/mol. The molecule has 12 aromatic carbocycles. The number of hydrogen-bond donors (Lipinski definition) is 1. The molecular weight excluding hydrogens is 973 g/mol. The Kier molecular flexibility index (Phi) is 13.1. The highest BCUT2D eigenvalue weighted by atomic mass is 16.3. The van der Waals surface area contributed by atoms with Crippen molar-refractivity contribution in [3.63, 3.8) is 0 Å². The van der Waals surface area contributed by atoms with Gasteiger partial charge >= 0.3 is 0 Å². The van der Waals surface area contributed by atoms with E-state index in [0.717, 1.165) is 33.5 Å². The average Bonchev–Trinajstić information content (AvgIpc) is 4.20. The first kappa shape index (κ1) is 49.9. The van der Waals surface area contributed by atoms with E-state index in [-0.39, 0.29) is 17.6 Å². The topological polar surface area (TPSA) is 47.2 Å². The van der Waals surface area contributed by atoms with Crippen molar-refractivity contribution >= 4 is 70.9 Å². The molecule has 3 atom stereocenters. The van der Waals surface area contributed by atoms with Gasteiger partial charge in [0.15, 0.2) is 5.78 Å². The van der Waals surface area contributed by atoms with Gasteiger partial charge in [-0.3, -0.25) is 4.79 Å². The van der Waals surface area contributed by atoms with Crippen LogP contribution in [0, 0.1) is 13.8 Å². The largest absolute Gasteiger partial charge is 0.384 e. The van der Waals surface area contributed by atoms with Gasteiger partial charge in [0.05, 0.1) is 22.1 Å². The van der Waals surface area contributed by atoms with Gasteiger partial charge in [-0.25, -0.2) is 0 Å². The molecule has 386 valence electrons. The zero-order valence-corrected chi connectivity index (χ0v) is 45.4. The molecule has 0 radical (unpaired) electrons. The van der Waals surface area contributed by atoms with Gasteiger partial charge in [0.2, 0.25) is 0 Å². The molecule has 0 bridgehead atoms. The van der Waals surface area contributed by atoms with E-state index in [9.17, 15) is 9.90 Å². The van der Waals surface area contributed by atoms with E-state index in [0.29, 0.717) is 11.1 Å². The lowest BCUT2D eigenvalue weighted by Crippen LogP contribution is -2.02. The van der Waals surface area contributed by atoms with Gasteiger partial charge in [-0.1, -0.05) is 207 Å². The lowest BCUT2D eigenvalue weighted by atomic mass is 9.88.